The van der Waals surface area contributed by atoms with E-state index in [4.69, 9.17) is 4.74 Å². The van der Waals surface area contributed by atoms with Gasteiger partial charge in [-0.3, -0.25) is 14.6 Å². The van der Waals surface area contributed by atoms with Crippen molar-refractivity contribution in [3.63, 3.8) is 0 Å². The number of β-amino-alcohol motifs (C(OH)–C–C–N with tert-alkyl or cyclic N) is 1. The van der Waals surface area contributed by atoms with E-state index in [1.165, 1.54) is 10.8 Å². The topological polar surface area (TPSA) is 77.9 Å². The highest BCUT2D eigenvalue weighted by Gasteiger charge is 2.27. The second-order valence-corrected chi connectivity index (χ2v) is 11.5. The number of aromatic nitrogens is 1. The molecule has 1 saturated heterocycles. The van der Waals surface area contributed by atoms with Crippen LogP contribution in [-0.4, -0.2) is 77.3 Å². The molecule has 200 valence electrons. The quantitative estimate of drug-likeness (QED) is 0.333. The molecule has 0 aliphatic carbocycles. The molecule has 0 radical (unpaired) electrons. The number of rotatable bonds is 9. The molecule has 0 bridgehead atoms. The Balaban J connectivity index is 1.06. The van der Waals surface area contributed by atoms with Crippen molar-refractivity contribution in [3.05, 3.63) is 71.2 Å². The number of hydrogen-bond donors (Lipinski definition) is 2. The van der Waals surface area contributed by atoms with E-state index in [-0.39, 0.29) is 24.6 Å². The van der Waals surface area contributed by atoms with Gasteiger partial charge in [0, 0.05) is 38.3 Å². The van der Waals surface area contributed by atoms with Crippen LogP contribution >= 0.6 is 11.3 Å². The number of amides is 1. The molecule has 8 heteroatoms. The number of aryl methyl sites for hydroxylation is 1. The van der Waals surface area contributed by atoms with Gasteiger partial charge >= 0.3 is 0 Å². The molecule has 1 aliphatic heterocycles. The van der Waals surface area contributed by atoms with Gasteiger partial charge in [-0.05, 0) is 55.3 Å². The first-order valence-corrected chi connectivity index (χ1v) is 14.1. The molecule has 0 spiro atoms. The van der Waals surface area contributed by atoms with Crippen LogP contribution in [0.1, 0.15) is 30.5 Å². The van der Waals surface area contributed by atoms with Gasteiger partial charge in [-0.25, -0.2) is 4.98 Å². The summed E-state index contributed by atoms with van der Waals surface area (Å²) in [5.41, 5.74) is 2.04. The van der Waals surface area contributed by atoms with Crippen molar-refractivity contribution in [3.8, 4) is 5.75 Å². The summed E-state index contributed by atoms with van der Waals surface area (Å²) in [4.78, 5) is 21.8. The number of ether oxygens (including phenoxy) is 1. The van der Waals surface area contributed by atoms with Crippen molar-refractivity contribution in [2.75, 3.05) is 39.3 Å². The molecule has 4 aromatic rings. The molecule has 7 nitrogen and oxygen atoms in total. The number of thiazole rings is 1. The second kappa shape index (κ2) is 11.8. The number of nitrogens with zero attached hydrogens (tertiary/aromatic N) is 3. The SMILES string of the molecule is Cc1nc2cc(OC[C@H](O)CN3CCN(CC(=O)N[C@H](C)c4ccc5ccccc5c4)C[C@@H]3C)ccc2s1. The van der Waals surface area contributed by atoms with Crippen molar-refractivity contribution in [1.82, 2.24) is 20.1 Å². The molecule has 38 heavy (non-hydrogen) atoms. The van der Waals surface area contributed by atoms with Gasteiger partial charge in [0.15, 0.2) is 0 Å². The summed E-state index contributed by atoms with van der Waals surface area (Å²) in [7, 11) is 0. The highest BCUT2D eigenvalue weighted by atomic mass is 32.1. The first kappa shape index (κ1) is 26.6. The van der Waals surface area contributed by atoms with E-state index in [1.807, 2.05) is 44.2 Å². The minimum absolute atomic E-state index is 0.0343. The van der Waals surface area contributed by atoms with Crippen LogP contribution in [0.4, 0.5) is 0 Å². The predicted molar refractivity (Wildman–Crippen MR) is 154 cm³/mol. The van der Waals surface area contributed by atoms with Crippen LogP contribution < -0.4 is 10.1 Å². The van der Waals surface area contributed by atoms with Crippen molar-refractivity contribution < 1.29 is 14.6 Å². The third-order valence-corrected chi connectivity index (χ3v) is 8.17. The molecule has 0 saturated carbocycles. The maximum Gasteiger partial charge on any atom is 0.234 e. The molecule has 2 N–H and O–H groups in total. The van der Waals surface area contributed by atoms with Gasteiger partial charge in [0.05, 0.1) is 27.8 Å². The summed E-state index contributed by atoms with van der Waals surface area (Å²) < 4.78 is 7.00. The van der Waals surface area contributed by atoms with Crippen LogP contribution in [0, 0.1) is 6.92 Å². The van der Waals surface area contributed by atoms with Gasteiger partial charge in [-0.2, -0.15) is 0 Å². The largest absolute Gasteiger partial charge is 0.491 e. The molecular formula is C30H36N4O3S. The lowest BCUT2D eigenvalue weighted by Gasteiger charge is -2.40. The summed E-state index contributed by atoms with van der Waals surface area (Å²) in [5.74, 6) is 0.760. The minimum Gasteiger partial charge on any atom is -0.491 e. The van der Waals surface area contributed by atoms with Crippen LogP contribution in [0.25, 0.3) is 21.0 Å². The van der Waals surface area contributed by atoms with Gasteiger partial charge in [0.25, 0.3) is 0 Å². The number of benzene rings is 3. The highest BCUT2D eigenvalue weighted by Crippen LogP contribution is 2.26. The second-order valence-electron chi connectivity index (χ2n) is 10.3. The average Bonchev–Trinajstić information content (AvgIpc) is 3.28. The molecule has 0 unspecified atom stereocenters. The Hall–Kier alpha value is -3.04. The van der Waals surface area contributed by atoms with Gasteiger partial charge in [0.2, 0.25) is 5.91 Å². The van der Waals surface area contributed by atoms with Crippen molar-refractivity contribution in [2.24, 2.45) is 0 Å². The number of aliphatic hydroxyl groups excluding tert-OH is 1. The normalized spacial score (nSPS) is 18.5. The van der Waals surface area contributed by atoms with E-state index in [1.54, 1.807) is 11.3 Å². The van der Waals surface area contributed by atoms with Crippen molar-refractivity contribution >= 4 is 38.2 Å². The highest BCUT2D eigenvalue weighted by molar-refractivity contribution is 7.18. The zero-order chi connectivity index (χ0) is 26.6. The number of piperazine rings is 1. The predicted octanol–water partition coefficient (Wildman–Crippen LogP) is 4.38. The van der Waals surface area contributed by atoms with E-state index >= 15 is 0 Å². The Morgan fingerprint density at radius 1 is 1.16 bits per heavy atom. The zero-order valence-corrected chi connectivity index (χ0v) is 23.1. The van der Waals surface area contributed by atoms with Gasteiger partial charge < -0.3 is 15.2 Å². The number of nitrogens with one attached hydrogen (secondary N) is 1. The van der Waals surface area contributed by atoms with E-state index < -0.39 is 6.10 Å². The molecule has 1 aromatic heterocycles. The van der Waals surface area contributed by atoms with Crippen LogP contribution in [-0.2, 0) is 4.79 Å². The van der Waals surface area contributed by atoms with E-state index in [0.29, 0.717) is 13.1 Å². The lowest BCUT2D eigenvalue weighted by Crippen LogP contribution is -2.55. The summed E-state index contributed by atoms with van der Waals surface area (Å²) in [6, 6.07) is 20.7. The lowest BCUT2D eigenvalue weighted by molar-refractivity contribution is -0.123. The summed E-state index contributed by atoms with van der Waals surface area (Å²) in [6.07, 6.45) is -0.594. The third-order valence-electron chi connectivity index (χ3n) is 7.22. The summed E-state index contributed by atoms with van der Waals surface area (Å²) in [6.45, 7) is 9.69. The standard InChI is InChI=1S/C30H36N4O3S/c1-20-16-33(18-30(36)31-21(2)24-9-8-23-6-4-5-7-25(23)14-24)12-13-34(20)17-26(35)19-37-27-10-11-29-28(15-27)32-22(3)38-29/h4-11,14-15,20-21,26,35H,12-13,16-19H2,1-3H3,(H,31,36)/t20-,21+,26+/m0/s1. The maximum atomic E-state index is 12.8. The fraction of sp³-hybridized carbons (Fsp3) is 0.400. The van der Waals surface area contributed by atoms with Crippen molar-refractivity contribution in [2.45, 2.75) is 39.0 Å². The Kier molecular flexibility index (Phi) is 8.24. The minimum atomic E-state index is -0.594. The van der Waals surface area contributed by atoms with Crippen LogP contribution in [0.3, 0.4) is 0 Å². The van der Waals surface area contributed by atoms with Gasteiger partial charge in [-0.1, -0.05) is 36.4 Å². The van der Waals surface area contributed by atoms with E-state index in [2.05, 4.69) is 57.4 Å². The zero-order valence-electron chi connectivity index (χ0n) is 22.3. The van der Waals surface area contributed by atoms with Crippen LogP contribution in [0.2, 0.25) is 0 Å². The first-order valence-electron chi connectivity index (χ1n) is 13.3. The van der Waals surface area contributed by atoms with Crippen LogP contribution in [0.15, 0.2) is 60.7 Å². The fourth-order valence-electron chi connectivity index (χ4n) is 5.16. The molecule has 1 fully saturated rings. The Labute approximate surface area is 228 Å². The monoisotopic (exact) mass is 532 g/mol. The molecule has 5 rings (SSSR count). The number of fused-ring (bicyclic) bond motifs is 2. The van der Waals surface area contributed by atoms with Gasteiger partial charge in [-0.15, -0.1) is 11.3 Å². The number of carbonyl (C=O) groups is 1. The third kappa shape index (κ3) is 6.50. The number of aliphatic hydroxyl groups is 1. The first-order chi connectivity index (χ1) is 18.3. The molecule has 3 aromatic carbocycles. The Morgan fingerprint density at radius 3 is 2.79 bits per heavy atom. The summed E-state index contributed by atoms with van der Waals surface area (Å²) >= 11 is 1.66. The van der Waals surface area contributed by atoms with Crippen LogP contribution in [0.5, 0.6) is 5.75 Å². The molecule has 3 atom stereocenters. The smallest absolute Gasteiger partial charge is 0.234 e. The van der Waals surface area contributed by atoms with E-state index in [0.717, 1.165) is 46.2 Å². The number of hydrogen-bond acceptors (Lipinski definition) is 7. The maximum absolute atomic E-state index is 12.8. The Morgan fingerprint density at radius 2 is 1.97 bits per heavy atom. The molecule has 2 heterocycles. The fourth-order valence-corrected chi connectivity index (χ4v) is 5.97. The molecule has 1 amide bonds. The molecular weight excluding hydrogens is 496 g/mol. The van der Waals surface area contributed by atoms with E-state index in [9.17, 15) is 9.90 Å². The average molecular weight is 533 g/mol. The molecule has 1 aliphatic rings. The number of carbonyl (C=O) groups excluding carboxylic acids is 1. The summed E-state index contributed by atoms with van der Waals surface area (Å²) in [5, 5.41) is 17.2. The van der Waals surface area contributed by atoms with Crippen molar-refractivity contribution in [1.29, 1.82) is 0 Å². The lowest BCUT2D eigenvalue weighted by atomic mass is 10.0. The Bertz CT molecular complexity index is 1410. The van der Waals surface area contributed by atoms with Gasteiger partial charge in [0.1, 0.15) is 18.5 Å².